The molecule has 0 fully saturated rings. The Kier molecular flexibility index (Phi) is 5.54. The summed E-state index contributed by atoms with van der Waals surface area (Å²) < 4.78 is 6.37. The van der Waals surface area contributed by atoms with Gasteiger partial charge in [-0.3, -0.25) is 4.79 Å². The maximum Gasteiger partial charge on any atom is 0.216 e. The molecule has 3 rings (SSSR count). The Morgan fingerprint density at radius 3 is 2.84 bits per heavy atom. The fourth-order valence-electron chi connectivity index (χ4n) is 2.90. The summed E-state index contributed by atoms with van der Waals surface area (Å²) in [5, 5.41) is 4.69. The van der Waals surface area contributed by atoms with E-state index in [9.17, 15) is 4.79 Å². The lowest BCUT2D eigenvalue weighted by Crippen LogP contribution is -2.22. The predicted molar refractivity (Wildman–Crippen MR) is 110 cm³/mol. The zero-order valence-electron chi connectivity index (χ0n) is 14.0. The predicted octanol–water partition coefficient (Wildman–Crippen LogP) is 4.78. The normalized spacial score (nSPS) is 10.9. The molecule has 0 spiro atoms. The van der Waals surface area contributed by atoms with Crippen LogP contribution in [0.4, 0.5) is 0 Å². The maximum absolute atomic E-state index is 11.2. The summed E-state index contributed by atoms with van der Waals surface area (Å²) in [5.41, 5.74) is 4.26. The minimum Gasteiger partial charge on any atom is -0.497 e. The first-order valence-corrected chi connectivity index (χ1v) is 9.34. The van der Waals surface area contributed by atoms with Crippen molar-refractivity contribution in [3.63, 3.8) is 0 Å². The number of fused-ring (bicyclic) bond motifs is 1. The highest BCUT2D eigenvalue weighted by molar-refractivity contribution is 14.1. The molecular formula is C19H18ClIN2O2. The van der Waals surface area contributed by atoms with Crippen molar-refractivity contribution in [3.05, 3.63) is 50.6 Å². The zero-order valence-corrected chi connectivity index (χ0v) is 16.9. The van der Waals surface area contributed by atoms with Gasteiger partial charge in [-0.15, -0.1) is 0 Å². The number of nitrogens with one attached hydrogen (secondary N) is 2. The number of methoxy groups -OCH3 is 1. The van der Waals surface area contributed by atoms with Crippen molar-refractivity contribution in [2.45, 2.75) is 13.3 Å². The number of carbonyl (C=O) groups is 1. The number of H-pyrrole nitrogens is 1. The van der Waals surface area contributed by atoms with Crippen LogP contribution in [0.3, 0.4) is 0 Å². The molecule has 1 heterocycles. The van der Waals surface area contributed by atoms with Crippen LogP contribution in [0.25, 0.3) is 22.2 Å². The number of amides is 1. The number of benzene rings is 2. The molecule has 1 aromatic heterocycles. The molecule has 4 nitrogen and oxygen atoms in total. The van der Waals surface area contributed by atoms with Crippen LogP contribution in [0.5, 0.6) is 5.75 Å². The van der Waals surface area contributed by atoms with Gasteiger partial charge in [0.1, 0.15) is 5.75 Å². The number of aromatic amines is 1. The number of ether oxygens (including phenoxy) is 1. The quantitative estimate of drug-likeness (QED) is 0.530. The summed E-state index contributed by atoms with van der Waals surface area (Å²) in [5.74, 6) is 0.774. The van der Waals surface area contributed by atoms with Gasteiger partial charge in [0.05, 0.1) is 17.8 Å². The number of aromatic nitrogens is 1. The van der Waals surface area contributed by atoms with Crippen LogP contribution in [-0.4, -0.2) is 24.5 Å². The molecule has 6 heteroatoms. The van der Waals surface area contributed by atoms with Crippen LogP contribution < -0.4 is 10.1 Å². The first-order chi connectivity index (χ1) is 12.0. The third kappa shape index (κ3) is 3.77. The van der Waals surface area contributed by atoms with Crippen LogP contribution in [0.15, 0.2) is 36.4 Å². The second-order valence-electron chi connectivity index (χ2n) is 5.72. The van der Waals surface area contributed by atoms with Crippen molar-refractivity contribution in [1.82, 2.24) is 10.3 Å². The van der Waals surface area contributed by atoms with Crippen LogP contribution >= 0.6 is 34.2 Å². The molecule has 0 atom stereocenters. The van der Waals surface area contributed by atoms with Gasteiger partial charge in [-0.05, 0) is 58.8 Å². The summed E-state index contributed by atoms with van der Waals surface area (Å²) in [7, 11) is 1.66. The van der Waals surface area contributed by atoms with E-state index in [0.29, 0.717) is 13.0 Å². The fraction of sp³-hybridized carbons (Fsp3) is 0.211. The van der Waals surface area contributed by atoms with E-state index in [4.69, 9.17) is 16.3 Å². The molecule has 0 bridgehead atoms. The van der Waals surface area contributed by atoms with Gasteiger partial charge in [-0.2, -0.15) is 0 Å². The van der Waals surface area contributed by atoms with Crippen LogP contribution in [0.2, 0.25) is 5.02 Å². The van der Waals surface area contributed by atoms with E-state index in [1.165, 1.54) is 6.92 Å². The Hall–Kier alpha value is -1.73. The average molecular weight is 469 g/mol. The molecule has 0 saturated carbocycles. The van der Waals surface area contributed by atoms with E-state index in [1.54, 1.807) is 7.11 Å². The summed E-state index contributed by atoms with van der Waals surface area (Å²) in [6.45, 7) is 2.10. The highest BCUT2D eigenvalue weighted by atomic mass is 127. The first-order valence-electron chi connectivity index (χ1n) is 7.88. The second kappa shape index (κ2) is 7.66. The number of carbonyl (C=O) groups excluding carboxylic acids is 1. The van der Waals surface area contributed by atoms with Gasteiger partial charge in [-0.25, -0.2) is 0 Å². The average Bonchev–Trinajstić information content (AvgIpc) is 2.94. The van der Waals surface area contributed by atoms with Crippen molar-refractivity contribution < 1.29 is 9.53 Å². The molecule has 0 aliphatic heterocycles. The fourth-order valence-corrected chi connectivity index (χ4v) is 3.71. The van der Waals surface area contributed by atoms with E-state index in [2.05, 4.69) is 39.0 Å². The van der Waals surface area contributed by atoms with E-state index >= 15 is 0 Å². The van der Waals surface area contributed by atoms with Gasteiger partial charge in [0.15, 0.2) is 0 Å². The molecule has 130 valence electrons. The molecule has 0 unspecified atom stereocenters. The Morgan fingerprint density at radius 1 is 1.32 bits per heavy atom. The largest absolute Gasteiger partial charge is 0.497 e. The second-order valence-corrected chi connectivity index (χ2v) is 7.21. The number of hydrogen-bond donors (Lipinski definition) is 2. The van der Waals surface area contributed by atoms with Crippen molar-refractivity contribution >= 4 is 51.0 Å². The third-order valence-electron chi connectivity index (χ3n) is 4.08. The summed E-state index contributed by atoms with van der Waals surface area (Å²) in [6, 6.07) is 11.9. The third-order valence-corrected chi connectivity index (χ3v) is 5.88. The Balaban J connectivity index is 2.15. The molecule has 25 heavy (non-hydrogen) atoms. The highest BCUT2D eigenvalue weighted by Gasteiger charge is 2.17. The lowest BCUT2D eigenvalue weighted by Gasteiger charge is -2.09. The van der Waals surface area contributed by atoms with Crippen LogP contribution in [-0.2, 0) is 11.2 Å². The Labute approximate surface area is 165 Å². The van der Waals surface area contributed by atoms with Crippen molar-refractivity contribution in [3.8, 4) is 17.0 Å². The summed E-state index contributed by atoms with van der Waals surface area (Å²) >= 11 is 8.58. The van der Waals surface area contributed by atoms with E-state index < -0.39 is 0 Å². The van der Waals surface area contributed by atoms with Gasteiger partial charge in [0, 0.05) is 33.5 Å². The molecule has 0 radical (unpaired) electrons. The highest BCUT2D eigenvalue weighted by Crippen LogP contribution is 2.36. The lowest BCUT2D eigenvalue weighted by atomic mass is 10.0. The van der Waals surface area contributed by atoms with Crippen LogP contribution in [0, 0.1) is 3.57 Å². The molecule has 0 saturated heterocycles. The van der Waals surface area contributed by atoms with E-state index in [-0.39, 0.29) is 5.91 Å². The van der Waals surface area contributed by atoms with Gasteiger partial charge < -0.3 is 15.0 Å². The van der Waals surface area contributed by atoms with Gasteiger partial charge >= 0.3 is 0 Å². The molecule has 3 aromatic rings. The molecular weight excluding hydrogens is 451 g/mol. The molecule has 2 aromatic carbocycles. The molecule has 1 amide bonds. The maximum atomic E-state index is 11.2. The molecule has 0 aliphatic carbocycles. The standard InChI is InChI=1S/C19H18ClIN2O2/c1-11(24)22-9-8-13-15-10-12(25-2)6-7-17(15)23-19(13)14-4-3-5-16(20)18(14)21/h3-7,10,23H,8-9H2,1-2H3,(H,22,24). The van der Waals surface area contributed by atoms with E-state index in [1.807, 2.05) is 30.3 Å². The Morgan fingerprint density at radius 2 is 2.12 bits per heavy atom. The number of rotatable bonds is 5. The minimum atomic E-state index is -0.0312. The minimum absolute atomic E-state index is 0.0312. The number of halogens is 2. The smallest absolute Gasteiger partial charge is 0.216 e. The Bertz CT molecular complexity index is 937. The van der Waals surface area contributed by atoms with Crippen LogP contribution in [0.1, 0.15) is 12.5 Å². The van der Waals surface area contributed by atoms with Crippen molar-refractivity contribution in [2.75, 3.05) is 13.7 Å². The summed E-state index contributed by atoms with van der Waals surface area (Å²) in [4.78, 5) is 14.7. The SMILES string of the molecule is COc1ccc2[nH]c(-c3cccc(Cl)c3I)c(CCNC(C)=O)c2c1. The zero-order chi connectivity index (χ0) is 18.0. The monoisotopic (exact) mass is 468 g/mol. The molecule has 2 N–H and O–H groups in total. The first kappa shape index (κ1) is 18.1. The van der Waals surface area contributed by atoms with Gasteiger partial charge in [0.25, 0.3) is 0 Å². The number of hydrogen-bond acceptors (Lipinski definition) is 2. The van der Waals surface area contributed by atoms with Gasteiger partial charge in [0.2, 0.25) is 5.91 Å². The van der Waals surface area contributed by atoms with Crippen molar-refractivity contribution in [2.24, 2.45) is 0 Å². The van der Waals surface area contributed by atoms with Crippen molar-refractivity contribution in [1.29, 1.82) is 0 Å². The van der Waals surface area contributed by atoms with E-state index in [0.717, 1.165) is 42.1 Å². The van der Waals surface area contributed by atoms with Gasteiger partial charge in [-0.1, -0.05) is 23.7 Å². The lowest BCUT2D eigenvalue weighted by molar-refractivity contribution is -0.118. The topological polar surface area (TPSA) is 54.1 Å². The summed E-state index contributed by atoms with van der Waals surface area (Å²) in [6.07, 6.45) is 0.713. The molecule has 0 aliphatic rings.